The van der Waals surface area contributed by atoms with Gasteiger partial charge in [-0.15, -0.1) is 0 Å². The van der Waals surface area contributed by atoms with Gasteiger partial charge in [-0.25, -0.2) is 0 Å². The Hall–Kier alpha value is -0.590. The van der Waals surface area contributed by atoms with Crippen LogP contribution in [0, 0.1) is 0 Å². The Morgan fingerprint density at radius 2 is 1.67 bits per heavy atom. The van der Waals surface area contributed by atoms with Crippen molar-refractivity contribution in [3.05, 3.63) is 11.1 Å². The van der Waals surface area contributed by atoms with Crippen LogP contribution in [0.3, 0.4) is 0 Å². The number of nitrogens with one attached hydrogen (secondary N) is 1. The van der Waals surface area contributed by atoms with Crippen LogP contribution in [0.2, 0.25) is 0 Å². The predicted octanol–water partition coefficient (Wildman–Crippen LogP) is 4.92. The molecular weight excluding hydrogens is 340 g/mol. The second-order valence-electron chi connectivity index (χ2n) is 6.06. The fourth-order valence-electron chi connectivity index (χ4n) is 2.49. The Morgan fingerprint density at radius 3 is 2.25 bits per heavy atom. The van der Waals surface area contributed by atoms with Crippen LogP contribution in [0.15, 0.2) is 10.5 Å². The van der Waals surface area contributed by atoms with Crippen LogP contribution in [0.1, 0.15) is 87.7 Å². The summed E-state index contributed by atoms with van der Waals surface area (Å²) in [5.74, 6) is 0.440. The van der Waals surface area contributed by atoms with Gasteiger partial charge in [0, 0.05) is 17.7 Å². The lowest BCUT2D eigenvalue weighted by molar-refractivity contribution is 0.0956. The van der Waals surface area contributed by atoms with Crippen molar-refractivity contribution >= 4 is 28.4 Å². The summed E-state index contributed by atoms with van der Waals surface area (Å²) in [6, 6.07) is 0. The molecule has 24 heavy (non-hydrogen) atoms. The van der Waals surface area contributed by atoms with Gasteiger partial charge in [0.15, 0.2) is 0 Å². The SMILES string of the molecule is CCCCCCCCCCCCNC(=O)c1cnc([S+]([O-])CC)s1. The number of rotatable bonds is 14. The minimum absolute atomic E-state index is 0.0947. The minimum atomic E-state index is -1.07. The molecule has 0 spiro atoms. The van der Waals surface area contributed by atoms with Crippen LogP contribution in [-0.2, 0) is 11.2 Å². The fourth-order valence-corrected chi connectivity index (χ4v) is 4.47. The molecule has 6 heteroatoms. The van der Waals surface area contributed by atoms with E-state index in [4.69, 9.17) is 0 Å². The highest BCUT2D eigenvalue weighted by Crippen LogP contribution is 2.19. The molecule has 0 aromatic carbocycles. The second-order valence-corrected chi connectivity index (χ2v) is 9.01. The number of nitrogens with zero attached hydrogens (tertiary/aromatic N) is 1. The number of carbonyl (C=O) groups is 1. The van der Waals surface area contributed by atoms with E-state index in [0.29, 0.717) is 21.5 Å². The summed E-state index contributed by atoms with van der Waals surface area (Å²) in [4.78, 5) is 16.6. The van der Waals surface area contributed by atoms with Crippen LogP contribution in [0.25, 0.3) is 0 Å². The molecule has 0 aliphatic carbocycles. The molecule has 1 amide bonds. The zero-order valence-electron chi connectivity index (χ0n) is 15.1. The molecule has 1 N–H and O–H groups in total. The summed E-state index contributed by atoms with van der Waals surface area (Å²) in [6.07, 6.45) is 14.4. The number of unbranched alkanes of at least 4 members (excludes halogenated alkanes) is 9. The quantitative estimate of drug-likeness (QED) is 0.372. The molecule has 0 aliphatic heterocycles. The Kier molecular flexibility index (Phi) is 12.2. The maximum atomic E-state index is 12.0. The van der Waals surface area contributed by atoms with Crippen molar-refractivity contribution in [1.82, 2.24) is 10.3 Å². The molecule has 1 aromatic rings. The van der Waals surface area contributed by atoms with Crippen molar-refractivity contribution in [2.75, 3.05) is 12.3 Å². The van der Waals surface area contributed by atoms with E-state index in [1.165, 1.54) is 75.3 Å². The van der Waals surface area contributed by atoms with E-state index in [1.54, 1.807) is 0 Å². The number of hydrogen-bond donors (Lipinski definition) is 1. The summed E-state index contributed by atoms with van der Waals surface area (Å²) in [6.45, 7) is 4.81. The molecule has 0 saturated heterocycles. The molecule has 0 bridgehead atoms. The zero-order valence-corrected chi connectivity index (χ0v) is 16.8. The van der Waals surface area contributed by atoms with Crippen molar-refractivity contribution < 1.29 is 9.35 Å². The number of aromatic nitrogens is 1. The van der Waals surface area contributed by atoms with E-state index in [9.17, 15) is 9.35 Å². The Labute approximate surface area is 154 Å². The summed E-state index contributed by atoms with van der Waals surface area (Å²) >= 11 is 0.159. The first-order valence-electron chi connectivity index (χ1n) is 9.31. The first-order chi connectivity index (χ1) is 11.7. The monoisotopic (exact) mass is 372 g/mol. The second kappa shape index (κ2) is 13.7. The van der Waals surface area contributed by atoms with Crippen LogP contribution < -0.4 is 5.32 Å². The van der Waals surface area contributed by atoms with Crippen molar-refractivity contribution in [3.63, 3.8) is 0 Å². The van der Waals surface area contributed by atoms with Gasteiger partial charge >= 0.3 is 4.34 Å². The standard InChI is InChI=1S/C18H32N2O2S2/c1-3-5-6-7-8-9-10-11-12-13-14-19-17(21)16-15-20-18(23-16)24(22)4-2/h15H,3-14H2,1-2H3,(H,19,21). The van der Waals surface area contributed by atoms with Crippen molar-refractivity contribution in [1.29, 1.82) is 0 Å². The van der Waals surface area contributed by atoms with Gasteiger partial charge in [0.25, 0.3) is 5.91 Å². The molecule has 1 rings (SSSR count). The zero-order chi connectivity index (χ0) is 17.6. The molecule has 4 nitrogen and oxygen atoms in total. The third-order valence-electron chi connectivity index (χ3n) is 3.98. The topological polar surface area (TPSA) is 65.0 Å². The third kappa shape index (κ3) is 9.04. The number of carbonyl (C=O) groups excluding carboxylic acids is 1. The molecular formula is C18H32N2O2S2. The van der Waals surface area contributed by atoms with Gasteiger partial charge in [0.2, 0.25) is 0 Å². The molecule has 0 aliphatic rings. The average Bonchev–Trinajstić information content (AvgIpc) is 3.09. The highest BCUT2D eigenvalue weighted by atomic mass is 32.2. The van der Waals surface area contributed by atoms with Crippen LogP contribution in [0.4, 0.5) is 0 Å². The van der Waals surface area contributed by atoms with Gasteiger partial charge in [-0.2, -0.15) is 4.98 Å². The first-order valence-corrected chi connectivity index (χ1v) is 11.4. The lowest BCUT2D eigenvalue weighted by atomic mass is 10.1. The molecule has 1 unspecified atom stereocenters. The van der Waals surface area contributed by atoms with Crippen molar-refractivity contribution in [2.45, 2.75) is 82.4 Å². The highest BCUT2D eigenvalue weighted by Gasteiger charge is 2.17. The van der Waals surface area contributed by atoms with E-state index >= 15 is 0 Å². The van der Waals surface area contributed by atoms with Crippen molar-refractivity contribution in [3.8, 4) is 0 Å². The number of thiazole rings is 1. The van der Waals surface area contributed by atoms with Crippen LogP contribution in [-0.4, -0.2) is 27.7 Å². The first kappa shape index (κ1) is 21.5. The van der Waals surface area contributed by atoms with E-state index in [-0.39, 0.29) is 5.91 Å². The predicted molar refractivity (Wildman–Crippen MR) is 103 cm³/mol. The van der Waals surface area contributed by atoms with Gasteiger partial charge in [-0.05, 0) is 13.3 Å². The summed E-state index contributed by atoms with van der Waals surface area (Å²) < 4.78 is 12.2. The Morgan fingerprint density at radius 1 is 1.08 bits per heavy atom. The van der Waals surface area contributed by atoms with Crippen LogP contribution >= 0.6 is 11.3 Å². The lowest BCUT2D eigenvalue weighted by Gasteiger charge is -2.04. The normalized spacial score (nSPS) is 12.3. The molecule has 1 heterocycles. The lowest BCUT2D eigenvalue weighted by Crippen LogP contribution is -2.23. The Balaban J connectivity index is 2.01. The van der Waals surface area contributed by atoms with E-state index in [2.05, 4.69) is 17.2 Å². The number of hydrogen-bond acceptors (Lipinski definition) is 4. The van der Waals surface area contributed by atoms with E-state index in [0.717, 1.165) is 6.42 Å². The van der Waals surface area contributed by atoms with Gasteiger partial charge in [0.05, 0.1) is 6.20 Å². The minimum Gasteiger partial charge on any atom is -0.610 e. The largest absolute Gasteiger partial charge is 0.610 e. The molecule has 0 radical (unpaired) electrons. The fraction of sp³-hybridized carbons (Fsp3) is 0.778. The van der Waals surface area contributed by atoms with Gasteiger partial charge in [0.1, 0.15) is 10.6 Å². The smallest absolute Gasteiger partial charge is 0.302 e. The Bertz CT molecular complexity index is 452. The van der Waals surface area contributed by atoms with E-state index < -0.39 is 11.2 Å². The maximum Gasteiger partial charge on any atom is 0.302 e. The molecule has 138 valence electrons. The molecule has 1 atom stereocenters. The third-order valence-corrected chi connectivity index (χ3v) is 6.60. The maximum absolute atomic E-state index is 12.0. The summed E-state index contributed by atoms with van der Waals surface area (Å²) in [7, 11) is 0. The molecule has 0 saturated carbocycles. The summed E-state index contributed by atoms with van der Waals surface area (Å²) in [5, 5.41) is 2.93. The van der Waals surface area contributed by atoms with Gasteiger partial charge in [-0.3, -0.25) is 4.79 Å². The van der Waals surface area contributed by atoms with Gasteiger partial charge < -0.3 is 9.87 Å². The van der Waals surface area contributed by atoms with Crippen LogP contribution in [0.5, 0.6) is 0 Å². The van der Waals surface area contributed by atoms with Gasteiger partial charge in [-0.1, -0.05) is 76.0 Å². The number of amides is 1. The highest BCUT2D eigenvalue weighted by molar-refractivity contribution is 7.93. The van der Waals surface area contributed by atoms with Crippen molar-refractivity contribution in [2.24, 2.45) is 0 Å². The van der Waals surface area contributed by atoms with E-state index in [1.807, 2.05) is 6.92 Å². The molecule has 0 fully saturated rings. The average molecular weight is 373 g/mol. The summed E-state index contributed by atoms with van der Waals surface area (Å²) in [5.41, 5.74) is 0. The molecule has 1 aromatic heterocycles.